The van der Waals surface area contributed by atoms with Crippen molar-refractivity contribution in [1.82, 2.24) is 10.6 Å². The molecule has 0 aromatic carbocycles. The standard InChI is InChI=1S/C8H14Cl4N4O2.4CH2Cl2/c9-7(10,13)3-5(17)15-1-2-16-6(18)4-8(11,12)14;4*2-1-3/h1-4,13-14H2,(H,15,17)(H,16,18);4*1H2/p+2. The van der Waals surface area contributed by atoms with E-state index < -0.39 is 8.91 Å². The minimum Gasteiger partial charge on any atom is -0.354 e. The van der Waals surface area contributed by atoms with Gasteiger partial charge in [-0.05, 0) is 46.4 Å². The molecule has 0 atom stereocenters. The Labute approximate surface area is 237 Å². The van der Waals surface area contributed by atoms with Crippen molar-refractivity contribution < 1.29 is 21.1 Å². The van der Waals surface area contributed by atoms with Gasteiger partial charge in [-0.2, -0.15) is 0 Å². The smallest absolute Gasteiger partial charge is 0.255 e. The molecule has 0 saturated carbocycles. The lowest BCUT2D eigenvalue weighted by Crippen LogP contribution is -2.67. The Morgan fingerprint density at radius 1 is 0.567 bits per heavy atom. The van der Waals surface area contributed by atoms with E-state index in [2.05, 4.69) is 22.1 Å². The van der Waals surface area contributed by atoms with E-state index in [1.165, 1.54) is 0 Å². The van der Waals surface area contributed by atoms with E-state index >= 15 is 0 Å². The van der Waals surface area contributed by atoms with Gasteiger partial charge in [-0.15, -0.1) is 92.8 Å². The van der Waals surface area contributed by atoms with Gasteiger partial charge in [0.25, 0.3) is 8.91 Å². The molecule has 0 aliphatic carbocycles. The molecule has 0 unspecified atom stereocenters. The van der Waals surface area contributed by atoms with Gasteiger partial charge in [-0.25, -0.2) is 0 Å². The summed E-state index contributed by atoms with van der Waals surface area (Å²) in [7, 11) is 0. The summed E-state index contributed by atoms with van der Waals surface area (Å²) in [6.45, 7) is 0.478. The Morgan fingerprint density at radius 3 is 0.867 bits per heavy atom. The fourth-order valence-electron chi connectivity index (χ4n) is 0.999. The van der Waals surface area contributed by atoms with E-state index in [4.69, 9.17) is 139 Å². The molecule has 0 heterocycles. The fourth-order valence-corrected chi connectivity index (χ4v) is 1.48. The average molecular weight is 682 g/mol. The molecule has 0 aromatic rings. The van der Waals surface area contributed by atoms with Crippen molar-refractivity contribution >= 4 is 151 Å². The molecule has 0 rings (SSSR count). The third kappa shape index (κ3) is 69.8. The fraction of sp³-hybridized carbons (Fsp3) is 0.833. The van der Waals surface area contributed by atoms with Crippen molar-refractivity contribution in [2.24, 2.45) is 0 Å². The summed E-state index contributed by atoms with van der Waals surface area (Å²) in [5, 5.41) is 5.80. The molecule has 30 heavy (non-hydrogen) atoms. The predicted molar refractivity (Wildman–Crippen MR) is 136 cm³/mol. The first-order valence-corrected chi connectivity index (χ1v) is 12.9. The molecule has 0 radical (unpaired) electrons. The Balaban J connectivity index is -0.000000143. The number of quaternary nitrogens is 2. The molecule has 2 amide bonds. The molecule has 0 saturated heterocycles. The predicted octanol–water partition coefficient (Wildman–Crippen LogP) is 4.43. The van der Waals surface area contributed by atoms with Gasteiger partial charge in [-0.3, -0.25) is 9.59 Å². The monoisotopic (exact) mass is 676 g/mol. The summed E-state index contributed by atoms with van der Waals surface area (Å²) in [6, 6.07) is 0. The first-order valence-electron chi connectivity index (χ1n) is 7.13. The normalized spacial score (nSPS) is 9.67. The van der Waals surface area contributed by atoms with Gasteiger partial charge in [0.1, 0.15) is 12.8 Å². The maximum atomic E-state index is 11.2. The average Bonchev–Trinajstić information content (AvgIpc) is 2.51. The van der Waals surface area contributed by atoms with Crippen LogP contribution in [0.5, 0.6) is 0 Å². The van der Waals surface area contributed by atoms with E-state index in [0.29, 0.717) is 0 Å². The summed E-state index contributed by atoms with van der Waals surface area (Å²) in [5.74, 6) is -0.712. The molecular weight excluding hydrogens is 658 g/mol. The maximum absolute atomic E-state index is 11.2. The van der Waals surface area contributed by atoms with Crippen LogP contribution in [0.4, 0.5) is 0 Å². The molecule has 0 fully saturated rings. The summed E-state index contributed by atoms with van der Waals surface area (Å²) in [6.07, 6.45) is -0.259. The number of alkyl halides is 12. The Morgan fingerprint density at radius 2 is 0.733 bits per heavy atom. The van der Waals surface area contributed by atoms with Crippen molar-refractivity contribution in [2.45, 2.75) is 21.8 Å². The zero-order valence-electron chi connectivity index (χ0n) is 15.4. The first-order chi connectivity index (χ1) is 13.7. The highest BCUT2D eigenvalue weighted by Gasteiger charge is 2.27. The van der Waals surface area contributed by atoms with Crippen molar-refractivity contribution in [3.8, 4) is 0 Å². The molecule has 18 heteroatoms. The minimum absolute atomic E-state index is 0.130. The van der Waals surface area contributed by atoms with Gasteiger partial charge in [0.2, 0.25) is 11.8 Å². The molecule has 0 aliphatic heterocycles. The van der Waals surface area contributed by atoms with Crippen LogP contribution in [-0.2, 0) is 9.59 Å². The van der Waals surface area contributed by atoms with Crippen LogP contribution >= 0.6 is 139 Å². The summed E-state index contributed by atoms with van der Waals surface area (Å²) in [5.41, 5.74) is 6.74. The SMILES string of the molecule is ClCCl.ClCCl.ClCCl.ClCCl.[NH3+]C(Cl)(Cl)CC(=O)NCCNC(=O)CC([NH3+])(Cl)Cl. The van der Waals surface area contributed by atoms with E-state index in [-0.39, 0.29) is 59.1 Å². The van der Waals surface area contributed by atoms with Gasteiger partial charge in [-0.1, -0.05) is 0 Å². The van der Waals surface area contributed by atoms with Crippen LogP contribution in [0, 0.1) is 0 Å². The van der Waals surface area contributed by atoms with Gasteiger partial charge in [0.15, 0.2) is 0 Å². The van der Waals surface area contributed by atoms with Crippen molar-refractivity contribution in [2.75, 3.05) is 34.4 Å². The van der Waals surface area contributed by atoms with Crippen LogP contribution in [0.1, 0.15) is 12.8 Å². The molecule has 186 valence electrons. The summed E-state index contributed by atoms with van der Waals surface area (Å²) >= 11 is 60.3. The van der Waals surface area contributed by atoms with Crippen LogP contribution in [0.15, 0.2) is 0 Å². The van der Waals surface area contributed by atoms with Crippen molar-refractivity contribution in [1.29, 1.82) is 0 Å². The minimum atomic E-state index is -1.35. The Kier molecular flexibility index (Phi) is 44.4. The lowest BCUT2D eigenvalue weighted by atomic mass is 10.3. The highest BCUT2D eigenvalue weighted by molar-refractivity contribution is 6.47. The Hall–Kier alpha value is 2.34. The number of nitrogens with one attached hydrogen (secondary N) is 2. The quantitative estimate of drug-likeness (QED) is 0.181. The van der Waals surface area contributed by atoms with E-state index in [9.17, 15) is 9.59 Å². The highest BCUT2D eigenvalue weighted by atomic mass is 35.5. The van der Waals surface area contributed by atoms with Gasteiger partial charge < -0.3 is 22.1 Å². The molecule has 0 bridgehead atoms. The number of carbonyl (C=O) groups is 2. The van der Waals surface area contributed by atoms with Crippen molar-refractivity contribution in [3.05, 3.63) is 0 Å². The largest absolute Gasteiger partial charge is 0.354 e. The number of halogens is 12. The number of hydrogen-bond acceptors (Lipinski definition) is 2. The van der Waals surface area contributed by atoms with Crippen molar-refractivity contribution in [3.63, 3.8) is 0 Å². The molecule has 8 N–H and O–H groups in total. The summed E-state index contributed by atoms with van der Waals surface area (Å²) in [4.78, 5) is 22.5. The second-order valence-corrected chi connectivity index (χ2v) is 10.7. The van der Waals surface area contributed by atoms with Crippen LogP contribution in [0.2, 0.25) is 0 Å². The van der Waals surface area contributed by atoms with Crippen LogP contribution in [0.25, 0.3) is 0 Å². The van der Waals surface area contributed by atoms with Crippen LogP contribution < -0.4 is 22.1 Å². The first kappa shape index (κ1) is 42.5. The topological polar surface area (TPSA) is 113 Å². The second-order valence-electron chi connectivity index (χ2n) is 4.17. The van der Waals surface area contributed by atoms with Crippen LogP contribution in [0.3, 0.4) is 0 Å². The molecule has 0 spiro atoms. The second kappa shape index (κ2) is 31.3. The molecular formula is C12H24Cl12N4O2+2. The van der Waals surface area contributed by atoms with E-state index in [0.717, 1.165) is 0 Å². The zero-order chi connectivity index (χ0) is 25.2. The van der Waals surface area contributed by atoms with Crippen LogP contribution in [-0.4, -0.2) is 55.2 Å². The number of carbonyl (C=O) groups excluding carboxylic acids is 2. The number of amides is 2. The number of rotatable bonds is 7. The third-order valence-electron chi connectivity index (χ3n) is 1.61. The molecule has 0 aliphatic rings. The van der Waals surface area contributed by atoms with E-state index in [1.807, 2.05) is 0 Å². The third-order valence-corrected chi connectivity index (χ3v) is 2.14. The molecule has 0 aromatic heterocycles. The highest BCUT2D eigenvalue weighted by Crippen LogP contribution is 2.14. The maximum Gasteiger partial charge on any atom is 0.255 e. The van der Waals surface area contributed by atoms with Gasteiger partial charge in [0, 0.05) is 13.1 Å². The number of hydrogen-bond donors (Lipinski definition) is 4. The Bertz CT molecular complexity index is 332. The summed E-state index contributed by atoms with van der Waals surface area (Å²) < 4.78 is -2.70. The molecule has 6 nitrogen and oxygen atoms in total. The zero-order valence-corrected chi connectivity index (χ0v) is 24.5. The van der Waals surface area contributed by atoms with Gasteiger partial charge >= 0.3 is 0 Å². The lowest BCUT2D eigenvalue weighted by molar-refractivity contribution is -0.409. The lowest BCUT2D eigenvalue weighted by Gasteiger charge is -2.11. The van der Waals surface area contributed by atoms with Gasteiger partial charge in [0.05, 0.1) is 21.4 Å². The van der Waals surface area contributed by atoms with E-state index in [1.54, 1.807) is 0 Å².